The molecule has 5 atom stereocenters. The number of piperidine rings is 1. The van der Waals surface area contributed by atoms with E-state index in [0.717, 1.165) is 27.1 Å². The molecule has 4 aromatic rings. The van der Waals surface area contributed by atoms with Gasteiger partial charge in [0.25, 0.3) is 5.91 Å². The van der Waals surface area contributed by atoms with E-state index in [2.05, 4.69) is 75.4 Å². The lowest BCUT2D eigenvalue weighted by atomic mass is 9.38. The van der Waals surface area contributed by atoms with E-state index in [4.69, 9.17) is 48.7 Å². The first-order valence-electron chi connectivity index (χ1n) is 19.9. The summed E-state index contributed by atoms with van der Waals surface area (Å²) in [4.78, 5) is 32.1. The zero-order valence-corrected chi connectivity index (χ0v) is 36.3. The summed E-state index contributed by atoms with van der Waals surface area (Å²) in [5.41, 5.74) is 0.119. The lowest BCUT2D eigenvalue weighted by Gasteiger charge is -2.69. The van der Waals surface area contributed by atoms with Crippen LogP contribution in [0.25, 0.3) is 0 Å². The third kappa shape index (κ3) is 5.70. The molecule has 10 rings (SSSR count). The van der Waals surface area contributed by atoms with Crippen molar-refractivity contribution in [1.82, 2.24) is 9.80 Å². The molecule has 4 bridgehead atoms. The number of aliphatic hydroxyl groups is 1. The molecule has 2 amide bonds. The minimum atomic E-state index is -3.12. The van der Waals surface area contributed by atoms with E-state index < -0.39 is 53.4 Å². The molecular formula is C46H47Cl3N2O6Si. The Bertz CT molecular complexity index is 2260. The SMILES string of the molecule is CN(Cc1ccccc1)C(=O)C1=C[C@@]23CC[C@]1(O)[C@@H]1Oc4c(O[Si](c5ccccc5)(c5ccccc5)C(C)(C)C)ccc5c4[C@@]12CCN(C(=O)OCC(Cl)(Cl)Cl)[C@@H]3C5. The van der Waals surface area contributed by atoms with E-state index in [1.165, 1.54) is 0 Å². The Balaban J connectivity index is 1.21. The number of fused-ring (bicyclic) bond motifs is 1. The van der Waals surface area contributed by atoms with Crippen molar-refractivity contribution >= 4 is 65.5 Å². The maximum Gasteiger partial charge on any atom is 0.410 e. The van der Waals surface area contributed by atoms with Crippen molar-refractivity contribution in [3.05, 3.63) is 131 Å². The van der Waals surface area contributed by atoms with Crippen molar-refractivity contribution in [2.75, 3.05) is 20.2 Å². The molecule has 0 radical (unpaired) electrons. The van der Waals surface area contributed by atoms with Crippen LogP contribution in [0.2, 0.25) is 5.04 Å². The van der Waals surface area contributed by atoms with Gasteiger partial charge in [0.2, 0.25) is 3.79 Å². The lowest BCUT2D eigenvalue weighted by Crippen LogP contribution is -2.78. The first-order chi connectivity index (χ1) is 27.6. The van der Waals surface area contributed by atoms with Gasteiger partial charge in [0, 0.05) is 42.7 Å². The van der Waals surface area contributed by atoms with Gasteiger partial charge in [-0.05, 0) is 58.3 Å². The molecular weight excluding hydrogens is 811 g/mol. The average Bonchev–Trinajstić information content (AvgIpc) is 3.57. The van der Waals surface area contributed by atoms with Crippen LogP contribution in [0.5, 0.6) is 11.5 Å². The van der Waals surface area contributed by atoms with Gasteiger partial charge < -0.3 is 28.8 Å². The fourth-order valence-electron chi connectivity index (χ4n) is 11.3. The normalized spacial score (nSPS) is 26.6. The van der Waals surface area contributed by atoms with Crippen LogP contribution < -0.4 is 19.5 Å². The number of hydrogen-bond donors (Lipinski definition) is 1. The molecule has 12 heteroatoms. The molecule has 2 heterocycles. The number of hydrogen-bond acceptors (Lipinski definition) is 6. The number of nitrogens with zero attached hydrogens (tertiary/aromatic N) is 2. The predicted molar refractivity (Wildman–Crippen MR) is 229 cm³/mol. The number of benzene rings is 4. The highest BCUT2D eigenvalue weighted by Crippen LogP contribution is 2.74. The second-order valence-corrected chi connectivity index (χ2v) is 24.4. The summed E-state index contributed by atoms with van der Waals surface area (Å²) in [6.45, 7) is 7.00. The van der Waals surface area contributed by atoms with Gasteiger partial charge in [0.1, 0.15) is 24.1 Å². The van der Waals surface area contributed by atoms with E-state index in [1.807, 2.05) is 54.6 Å². The summed E-state index contributed by atoms with van der Waals surface area (Å²) in [7, 11) is -1.36. The number of alkyl halides is 3. The molecule has 4 aliphatic carbocycles. The second kappa shape index (κ2) is 13.8. The van der Waals surface area contributed by atoms with Crippen molar-refractivity contribution in [2.24, 2.45) is 5.41 Å². The zero-order chi connectivity index (χ0) is 40.9. The molecule has 4 aromatic carbocycles. The van der Waals surface area contributed by atoms with Crippen LogP contribution in [0.3, 0.4) is 0 Å². The van der Waals surface area contributed by atoms with E-state index in [9.17, 15) is 14.7 Å². The molecule has 2 spiro atoms. The van der Waals surface area contributed by atoms with Gasteiger partial charge in [0.15, 0.2) is 5.75 Å². The van der Waals surface area contributed by atoms with E-state index in [1.54, 1.807) is 16.8 Å². The number of ether oxygens (including phenoxy) is 2. The Labute approximate surface area is 355 Å². The van der Waals surface area contributed by atoms with Gasteiger partial charge in [-0.3, -0.25) is 4.79 Å². The zero-order valence-electron chi connectivity index (χ0n) is 33.0. The van der Waals surface area contributed by atoms with Gasteiger partial charge in [0.05, 0.1) is 5.41 Å². The average molecular weight is 858 g/mol. The monoisotopic (exact) mass is 856 g/mol. The molecule has 302 valence electrons. The van der Waals surface area contributed by atoms with Crippen LogP contribution in [-0.2, 0) is 27.9 Å². The number of rotatable bonds is 8. The quantitative estimate of drug-likeness (QED) is 0.144. The first kappa shape index (κ1) is 39.5. The summed E-state index contributed by atoms with van der Waals surface area (Å²) < 4.78 is 18.8. The van der Waals surface area contributed by atoms with Crippen LogP contribution >= 0.6 is 34.8 Å². The molecule has 1 saturated carbocycles. The molecule has 6 aliphatic rings. The summed E-state index contributed by atoms with van der Waals surface area (Å²) >= 11 is 18.1. The lowest BCUT2D eigenvalue weighted by molar-refractivity contribution is -0.184. The number of likely N-dealkylation sites (N-methyl/N-ethyl adjacent to an activating group) is 1. The highest BCUT2D eigenvalue weighted by Gasteiger charge is 2.79. The number of amides is 2. The molecule has 0 unspecified atom stereocenters. The predicted octanol–water partition coefficient (Wildman–Crippen LogP) is 7.87. The van der Waals surface area contributed by atoms with Crippen molar-refractivity contribution in [3.8, 4) is 11.5 Å². The van der Waals surface area contributed by atoms with Gasteiger partial charge in [-0.1, -0.05) is 159 Å². The summed E-state index contributed by atoms with van der Waals surface area (Å²) in [6, 6.07) is 34.4. The molecule has 2 fully saturated rings. The summed E-state index contributed by atoms with van der Waals surface area (Å²) in [6.07, 6.45) is 2.34. The molecule has 58 heavy (non-hydrogen) atoms. The maximum atomic E-state index is 14.7. The van der Waals surface area contributed by atoms with Crippen molar-refractivity contribution < 1.29 is 28.6 Å². The summed E-state index contributed by atoms with van der Waals surface area (Å²) in [5.74, 6) is 0.954. The minimum absolute atomic E-state index is 0.276. The van der Waals surface area contributed by atoms with Crippen LogP contribution in [0, 0.1) is 5.41 Å². The van der Waals surface area contributed by atoms with Crippen molar-refractivity contribution in [1.29, 1.82) is 0 Å². The van der Waals surface area contributed by atoms with Crippen LogP contribution in [0.1, 0.15) is 56.7 Å². The number of likely N-dealkylation sites (tertiary alicyclic amines) is 1. The van der Waals surface area contributed by atoms with Gasteiger partial charge >= 0.3 is 14.4 Å². The highest BCUT2D eigenvalue weighted by molar-refractivity contribution is 7.00. The third-order valence-corrected chi connectivity index (χ3v) is 18.9. The largest absolute Gasteiger partial charge is 0.531 e. The highest BCUT2D eigenvalue weighted by atomic mass is 35.6. The van der Waals surface area contributed by atoms with Crippen molar-refractivity contribution in [2.45, 2.75) is 85.0 Å². The number of halogens is 3. The maximum absolute atomic E-state index is 14.7. The van der Waals surface area contributed by atoms with Crippen LogP contribution in [-0.4, -0.2) is 77.0 Å². The van der Waals surface area contributed by atoms with E-state index >= 15 is 0 Å². The standard InChI is InChI=1S/C46H47Cl3N2O6Si/c1-42(2,3)58(32-16-10-6-11-17-32,33-18-12-7-13-19-33)57-35-21-20-31-26-36-43-22-23-45(54,34(27-43)39(52)50(4)28-30-14-8-5-9-15-30)40-44(43,37(31)38(35)56-40)24-25-51(36)41(53)55-29-46(47,48)49/h5-21,27,36,40,54H,22-26,28-29H2,1-4H3/t36-,40-,43-,44+,45-/m1/s1. The van der Waals surface area contributed by atoms with Gasteiger partial charge in [-0.25, -0.2) is 4.79 Å². The van der Waals surface area contributed by atoms with Gasteiger partial charge in [-0.2, -0.15) is 0 Å². The van der Waals surface area contributed by atoms with E-state index in [-0.39, 0.29) is 17.4 Å². The fraction of sp³-hybridized carbons (Fsp3) is 0.391. The first-order valence-corrected chi connectivity index (χ1v) is 23.0. The number of carbonyl (C=O) groups excluding carboxylic acids is 2. The third-order valence-electron chi connectivity index (χ3n) is 13.6. The number of carbonyl (C=O) groups is 2. The molecule has 0 aromatic heterocycles. The van der Waals surface area contributed by atoms with Crippen LogP contribution in [0.4, 0.5) is 4.79 Å². The van der Waals surface area contributed by atoms with E-state index in [0.29, 0.717) is 49.4 Å². The molecule has 8 nitrogen and oxygen atoms in total. The molecule has 1 saturated heterocycles. The van der Waals surface area contributed by atoms with Crippen molar-refractivity contribution in [3.63, 3.8) is 0 Å². The Hall–Kier alpha value is -3.99. The second-order valence-electron chi connectivity index (χ2n) is 17.7. The smallest absolute Gasteiger partial charge is 0.410 e. The van der Waals surface area contributed by atoms with Gasteiger partial charge in [-0.15, -0.1) is 0 Å². The fourth-order valence-corrected chi connectivity index (χ4v) is 15.9. The molecule has 1 N–H and O–H groups in total. The Morgan fingerprint density at radius 3 is 2.12 bits per heavy atom. The molecule has 2 aliphatic heterocycles. The Kier molecular flexibility index (Phi) is 9.38. The minimum Gasteiger partial charge on any atom is -0.531 e. The van der Waals surface area contributed by atoms with Crippen LogP contribution in [0.15, 0.2) is 115 Å². The summed E-state index contributed by atoms with van der Waals surface area (Å²) in [5, 5.41) is 15.1. The topological polar surface area (TPSA) is 88.5 Å². The Morgan fingerprint density at radius 1 is 0.897 bits per heavy atom. The Morgan fingerprint density at radius 2 is 1.52 bits per heavy atom.